The number of hydrogen-bond donors (Lipinski definition) is 3. The Morgan fingerprint density at radius 3 is 2.75 bits per heavy atom. The normalized spacial score (nSPS) is 14.1. The molecule has 7 nitrogen and oxygen atoms in total. The molecule has 1 rings (SSSR count). The van der Waals surface area contributed by atoms with Crippen LogP contribution in [-0.2, 0) is 21.3 Å². The van der Waals surface area contributed by atoms with E-state index in [1.807, 2.05) is 6.92 Å². The number of nitrogens with two attached hydrogens (primary N) is 1. The first-order chi connectivity index (χ1) is 9.36. The lowest BCUT2D eigenvalue weighted by Gasteiger charge is -2.16. The van der Waals surface area contributed by atoms with Crippen molar-refractivity contribution < 1.29 is 13.2 Å². The van der Waals surface area contributed by atoms with Crippen LogP contribution in [0.5, 0.6) is 0 Å². The number of sulfonamides is 1. The molecule has 1 heterocycles. The number of aliphatic imine (C=N–C) groups is 1. The molecule has 0 radical (unpaired) electrons. The van der Waals surface area contributed by atoms with Crippen molar-refractivity contribution in [1.29, 1.82) is 0 Å². The molecule has 1 aromatic heterocycles. The second kappa shape index (κ2) is 7.58. The average Bonchev–Trinajstić information content (AvgIpc) is 2.83. The van der Waals surface area contributed by atoms with Crippen LogP contribution in [0.3, 0.4) is 0 Å². The van der Waals surface area contributed by atoms with E-state index in [-0.39, 0.29) is 10.3 Å². The van der Waals surface area contributed by atoms with E-state index in [0.29, 0.717) is 19.1 Å². The van der Waals surface area contributed by atoms with Crippen molar-refractivity contribution in [3.05, 3.63) is 17.0 Å². The molecule has 1 aromatic rings. The third-order valence-electron chi connectivity index (χ3n) is 2.37. The Kier molecular flexibility index (Phi) is 6.40. The fourth-order valence-corrected chi connectivity index (χ4v) is 3.22. The maximum atomic E-state index is 11.2. The molecule has 4 N–H and O–H groups in total. The number of guanidine groups is 1. The van der Waals surface area contributed by atoms with Gasteiger partial charge < -0.3 is 15.4 Å². The molecular formula is C11H20N4O3S2. The van der Waals surface area contributed by atoms with E-state index in [1.54, 1.807) is 20.2 Å². The first kappa shape index (κ1) is 16.9. The zero-order chi connectivity index (χ0) is 15.2. The molecule has 9 heteroatoms. The fraction of sp³-hybridized carbons (Fsp3) is 0.545. The predicted octanol–water partition coefficient (Wildman–Crippen LogP) is 0.0954. The first-order valence-electron chi connectivity index (χ1n) is 5.94. The van der Waals surface area contributed by atoms with Crippen LogP contribution in [-0.4, -0.2) is 41.2 Å². The SMILES string of the molecule is CN=C(NCc1ccc(S(N)(=O)=O)s1)NC(C)COC. The highest BCUT2D eigenvalue weighted by atomic mass is 32.2. The van der Waals surface area contributed by atoms with E-state index >= 15 is 0 Å². The van der Waals surface area contributed by atoms with E-state index in [1.165, 1.54) is 6.07 Å². The van der Waals surface area contributed by atoms with E-state index in [9.17, 15) is 8.42 Å². The van der Waals surface area contributed by atoms with Gasteiger partial charge in [-0.1, -0.05) is 0 Å². The summed E-state index contributed by atoms with van der Waals surface area (Å²) < 4.78 is 27.5. The number of ether oxygens (including phenoxy) is 1. The molecule has 1 atom stereocenters. The molecule has 114 valence electrons. The van der Waals surface area contributed by atoms with Crippen LogP contribution in [0.1, 0.15) is 11.8 Å². The predicted molar refractivity (Wildman–Crippen MR) is 80.4 cm³/mol. The average molecular weight is 320 g/mol. The van der Waals surface area contributed by atoms with E-state index in [4.69, 9.17) is 9.88 Å². The van der Waals surface area contributed by atoms with Gasteiger partial charge in [-0.25, -0.2) is 13.6 Å². The molecule has 0 saturated carbocycles. The second-order valence-electron chi connectivity index (χ2n) is 4.19. The molecule has 0 fully saturated rings. The number of thiophene rings is 1. The summed E-state index contributed by atoms with van der Waals surface area (Å²) in [6, 6.07) is 3.35. The molecule has 0 aromatic carbocycles. The number of primary sulfonamides is 1. The highest BCUT2D eigenvalue weighted by Crippen LogP contribution is 2.19. The van der Waals surface area contributed by atoms with Crippen molar-refractivity contribution in [2.75, 3.05) is 20.8 Å². The number of nitrogens with zero attached hydrogens (tertiary/aromatic N) is 1. The number of nitrogens with one attached hydrogen (secondary N) is 2. The third kappa shape index (κ3) is 5.45. The molecule has 0 aliphatic rings. The highest BCUT2D eigenvalue weighted by molar-refractivity contribution is 7.91. The van der Waals surface area contributed by atoms with Crippen LogP contribution in [0.4, 0.5) is 0 Å². The molecule has 0 amide bonds. The summed E-state index contributed by atoms with van der Waals surface area (Å²) in [6.07, 6.45) is 0. The van der Waals surface area contributed by atoms with Crippen molar-refractivity contribution in [1.82, 2.24) is 10.6 Å². The van der Waals surface area contributed by atoms with Crippen LogP contribution < -0.4 is 15.8 Å². The minimum absolute atomic E-state index is 0.120. The Hall–Kier alpha value is -1.16. The van der Waals surface area contributed by atoms with Crippen LogP contribution in [0.25, 0.3) is 0 Å². The largest absolute Gasteiger partial charge is 0.383 e. The van der Waals surface area contributed by atoms with Crippen LogP contribution in [0.2, 0.25) is 0 Å². The third-order valence-corrected chi connectivity index (χ3v) is 4.89. The zero-order valence-corrected chi connectivity index (χ0v) is 13.3. The maximum Gasteiger partial charge on any atom is 0.247 e. The Morgan fingerprint density at radius 1 is 1.55 bits per heavy atom. The van der Waals surface area contributed by atoms with Gasteiger partial charge in [0.25, 0.3) is 0 Å². The summed E-state index contributed by atoms with van der Waals surface area (Å²) in [6.45, 7) is 3.01. The molecular weight excluding hydrogens is 300 g/mol. The lowest BCUT2D eigenvalue weighted by atomic mass is 10.4. The summed E-state index contributed by atoms with van der Waals surface area (Å²) in [5.41, 5.74) is 0. The summed E-state index contributed by atoms with van der Waals surface area (Å²) in [5, 5.41) is 11.3. The van der Waals surface area contributed by atoms with E-state index in [2.05, 4.69) is 15.6 Å². The number of methoxy groups -OCH3 is 1. The summed E-state index contributed by atoms with van der Waals surface area (Å²) >= 11 is 1.14. The van der Waals surface area contributed by atoms with Gasteiger partial charge in [-0.05, 0) is 19.1 Å². The van der Waals surface area contributed by atoms with Gasteiger partial charge in [0.05, 0.1) is 13.2 Å². The fourth-order valence-electron chi connectivity index (χ4n) is 1.50. The Bertz CT molecular complexity index is 554. The Labute approximate surface area is 123 Å². The van der Waals surface area contributed by atoms with Gasteiger partial charge in [0.2, 0.25) is 10.0 Å². The maximum absolute atomic E-state index is 11.2. The summed E-state index contributed by atoms with van der Waals surface area (Å²) in [7, 11) is -0.325. The zero-order valence-electron chi connectivity index (χ0n) is 11.7. The topological polar surface area (TPSA) is 106 Å². The number of hydrogen-bond acceptors (Lipinski definition) is 5. The minimum Gasteiger partial charge on any atom is -0.383 e. The number of rotatable bonds is 6. The van der Waals surface area contributed by atoms with Crippen LogP contribution in [0, 0.1) is 0 Å². The molecule has 0 saturated heterocycles. The van der Waals surface area contributed by atoms with Crippen molar-refractivity contribution in [3.63, 3.8) is 0 Å². The van der Waals surface area contributed by atoms with Crippen molar-refractivity contribution in [2.24, 2.45) is 10.1 Å². The standard InChI is InChI=1S/C11H20N4O3S2/c1-8(7-18-3)15-11(13-2)14-6-9-4-5-10(19-9)20(12,16)17/h4-5,8H,6-7H2,1-3H3,(H2,12,16,17)(H2,13,14,15). The van der Waals surface area contributed by atoms with Crippen molar-refractivity contribution in [3.8, 4) is 0 Å². The van der Waals surface area contributed by atoms with Gasteiger partial charge in [0, 0.05) is 25.1 Å². The molecule has 1 unspecified atom stereocenters. The van der Waals surface area contributed by atoms with Crippen molar-refractivity contribution in [2.45, 2.75) is 23.7 Å². The Balaban J connectivity index is 2.55. The van der Waals surface area contributed by atoms with E-state index in [0.717, 1.165) is 16.2 Å². The van der Waals surface area contributed by atoms with Crippen LogP contribution in [0.15, 0.2) is 21.3 Å². The minimum atomic E-state index is -3.62. The van der Waals surface area contributed by atoms with Gasteiger partial charge in [-0.15, -0.1) is 11.3 Å². The highest BCUT2D eigenvalue weighted by Gasteiger charge is 2.11. The van der Waals surface area contributed by atoms with Gasteiger partial charge in [-0.3, -0.25) is 4.99 Å². The van der Waals surface area contributed by atoms with Gasteiger partial charge in [-0.2, -0.15) is 0 Å². The first-order valence-corrected chi connectivity index (χ1v) is 8.30. The lowest BCUT2D eigenvalue weighted by molar-refractivity contribution is 0.179. The molecule has 0 spiro atoms. The summed E-state index contributed by atoms with van der Waals surface area (Å²) in [4.78, 5) is 4.94. The molecule has 0 aliphatic heterocycles. The van der Waals surface area contributed by atoms with Gasteiger partial charge in [0.15, 0.2) is 5.96 Å². The Morgan fingerprint density at radius 2 is 2.25 bits per heavy atom. The summed E-state index contributed by atoms with van der Waals surface area (Å²) in [5.74, 6) is 0.625. The van der Waals surface area contributed by atoms with Gasteiger partial charge >= 0.3 is 0 Å². The van der Waals surface area contributed by atoms with E-state index < -0.39 is 10.0 Å². The molecule has 0 aliphatic carbocycles. The molecule has 20 heavy (non-hydrogen) atoms. The van der Waals surface area contributed by atoms with Crippen molar-refractivity contribution >= 4 is 27.3 Å². The van der Waals surface area contributed by atoms with Crippen LogP contribution >= 0.6 is 11.3 Å². The monoisotopic (exact) mass is 320 g/mol. The molecule has 0 bridgehead atoms. The van der Waals surface area contributed by atoms with Gasteiger partial charge in [0.1, 0.15) is 4.21 Å². The smallest absolute Gasteiger partial charge is 0.247 e. The lowest BCUT2D eigenvalue weighted by Crippen LogP contribution is -2.43. The quantitative estimate of drug-likeness (QED) is 0.509. The second-order valence-corrected chi connectivity index (χ2v) is 7.15.